The van der Waals surface area contributed by atoms with Crippen molar-refractivity contribution in [2.45, 2.75) is 25.3 Å². The zero-order valence-electron chi connectivity index (χ0n) is 8.77. The topological polar surface area (TPSA) is 42.2 Å². The van der Waals surface area contributed by atoms with Crippen LogP contribution in [-0.2, 0) is 6.54 Å². The fourth-order valence-corrected chi connectivity index (χ4v) is 1.96. The van der Waals surface area contributed by atoms with Crippen LogP contribution in [0.15, 0.2) is 18.2 Å². The first-order valence-electron chi connectivity index (χ1n) is 5.37. The minimum absolute atomic E-state index is 0.637. The van der Waals surface area contributed by atoms with E-state index < -0.39 is 0 Å². The van der Waals surface area contributed by atoms with Crippen molar-refractivity contribution in [1.82, 2.24) is 19.9 Å². The van der Waals surface area contributed by atoms with E-state index in [-0.39, 0.29) is 0 Å². The lowest BCUT2D eigenvalue weighted by Gasteiger charge is -2.06. The molecule has 1 aliphatic rings. The Kier molecular flexibility index (Phi) is 1.95. The van der Waals surface area contributed by atoms with Crippen LogP contribution in [0.5, 0.6) is 0 Å². The molecule has 1 N–H and O–H groups in total. The SMILES string of the molecule is CNCc1cccc2nnc(C3CC3)n12. The van der Waals surface area contributed by atoms with Gasteiger partial charge in [-0.15, -0.1) is 10.2 Å². The number of nitrogens with one attached hydrogen (secondary N) is 1. The second-order valence-electron chi connectivity index (χ2n) is 4.07. The van der Waals surface area contributed by atoms with Gasteiger partial charge < -0.3 is 5.32 Å². The fourth-order valence-electron chi connectivity index (χ4n) is 1.96. The van der Waals surface area contributed by atoms with Crippen molar-refractivity contribution < 1.29 is 0 Å². The monoisotopic (exact) mass is 202 g/mol. The maximum Gasteiger partial charge on any atom is 0.161 e. The van der Waals surface area contributed by atoms with Gasteiger partial charge in [0.1, 0.15) is 5.82 Å². The van der Waals surface area contributed by atoms with Crippen LogP contribution in [0.3, 0.4) is 0 Å². The number of aromatic nitrogens is 3. The molecule has 0 atom stereocenters. The first-order valence-corrected chi connectivity index (χ1v) is 5.37. The summed E-state index contributed by atoms with van der Waals surface area (Å²) < 4.78 is 2.19. The Morgan fingerprint density at radius 3 is 3.00 bits per heavy atom. The summed E-state index contributed by atoms with van der Waals surface area (Å²) in [5.74, 6) is 1.77. The van der Waals surface area contributed by atoms with Crippen LogP contribution in [0, 0.1) is 0 Å². The summed E-state index contributed by atoms with van der Waals surface area (Å²) in [5.41, 5.74) is 2.20. The Morgan fingerprint density at radius 2 is 2.27 bits per heavy atom. The Balaban J connectivity index is 2.19. The van der Waals surface area contributed by atoms with E-state index in [1.807, 2.05) is 19.2 Å². The normalized spacial score (nSPS) is 16.1. The third-order valence-electron chi connectivity index (χ3n) is 2.83. The average molecular weight is 202 g/mol. The van der Waals surface area contributed by atoms with Gasteiger partial charge in [-0.2, -0.15) is 0 Å². The van der Waals surface area contributed by atoms with E-state index in [1.54, 1.807) is 0 Å². The van der Waals surface area contributed by atoms with Crippen LogP contribution in [0.25, 0.3) is 5.65 Å². The van der Waals surface area contributed by atoms with Crippen LogP contribution in [0.2, 0.25) is 0 Å². The molecule has 0 radical (unpaired) electrons. The average Bonchev–Trinajstić information content (AvgIpc) is 3.00. The van der Waals surface area contributed by atoms with Gasteiger partial charge in [0.15, 0.2) is 5.65 Å². The van der Waals surface area contributed by atoms with Gasteiger partial charge in [-0.05, 0) is 32.0 Å². The van der Waals surface area contributed by atoms with Crippen molar-refractivity contribution in [3.63, 3.8) is 0 Å². The summed E-state index contributed by atoms with van der Waals surface area (Å²) in [5, 5.41) is 11.7. The summed E-state index contributed by atoms with van der Waals surface area (Å²) in [6.07, 6.45) is 2.52. The molecule has 0 spiro atoms. The predicted octanol–water partition coefficient (Wildman–Crippen LogP) is 1.33. The van der Waals surface area contributed by atoms with Gasteiger partial charge >= 0.3 is 0 Å². The van der Waals surface area contributed by atoms with E-state index in [9.17, 15) is 0 Å². The molecule has 2 aromatic rings. The minimum atomic E-state index is 0.637. The van der Waals surface area contributed by atoms with Crippen molar-refractivity contribution in [2.24, 2.45) is 0 Å². The molecule has 4 heteroatoms. The van der Waals surface area contributed by atoms with Crippen molar-refractivity contribution in [1.29, 1.82) is 0 Å². The second-order valence-corrected chi connectivity index (χ2v) is 4.07. The molecule has 4 nitrogen and oxygen atoms in total. The quantitative estimate of drug-likeness (QED) is 0.816. The molecule has 1 fully saturated rings. The van der Waals surface area contributed by atoms with E-state index in [2.05, 4.69) is 26.0 Å². The van der Waals surface area contributed by atoms with E-state index in [0.717, 1.165) is 18.0 Å². The summed E-state index contributed by atoms with van der Waals surface area (Å²) in [6.45, 7) is 0.856. The summed E-state index contributed by atoms with van der Waals surface area (Å²) in [7, 11) is 1.96. The summed E-state index contributed by atoms with van der Waals surface area (Å²) in [6, 6.07) is 6.17. The number of hydrogen-bond acceptors (Lipinski definition) is 3. The van der Waals surface area contributed by atoms with Gasteiger partial charge in [0.2, 0.25) is 0 Å². The Morgan fingerprint density at radius 1 is 1.40 bits per heavy atom. The second kappa shape index (κ2) is 3.31. The zero-order valence-corrected chi connectivity index (χ0v) is 8.77. The first-order chi connectivity index (χ1) is 7.40. The van der Waals surface area contributed by atoms with Crippen LogP contribution in [0.1, 0.15) is 30.3 Å². The van der Waals surface area contributed by atoms with Crippen LogP contribution < -0.4 is 5.32 Å². The molecule has 15 heavy (non-hydrogen) atoms. The van der Waals surface area contributed by atoms with Crippen LogP contribution in [0.4, 0.5) is 0 Å². The predicted molar refractivity (Wildman–Crippen MR) is 57.7 cm³/mol. The van der Waals surface area contributed by atoms with E-state index in [0.29, 0.717) is 5.92 Å². The highest BCUT2D eigenvalue weighted by atomic mass is 15.3. The molecule has 0 amide bonds. The number of fused-ring (bicyclic) bond motifs is 1. The Labute approximate surface area is 88.3 Å². The molecule has 2 heterocycles. The van der Waals surface area contributed by atoms with E-state index >= 15 is 0 Å². The number of rotatable bonds is 3. The highest BCUT2D eigenvalue weighted by Crippen LogP contribution is 2.39. The summed E-state index contributed by atoms with van der Waals surface area (Å²) >= 11 is 0. The van der Waals surface area contributed by atoms with Gasteiger partial charge in [0.25, 0.3) is 0 Å². The van der Waals surface area contributed by atoms with Gasteiger partial charge in [-0.25, -0.2) is 0 Å². The Hall–Kier alpha value is -1.42. The van der Waals surface area contributed by atoms with Gasteiger partial charge in [0.05, 0.1) is 0 Å². The van der Waals surface area contributed by atoms with Crippen LogP contribution >= 0.6 is 0 Å². The zero-order chi connectivity index (χ0) is 10.3. The van der Waals surface area contributed by atoms with Crippen molar-refractivity contribution in [3.8, 4) is 0 Å². The molecule has 0 aliphatic heterocycles. The largest absolute Gasteiger partial charge is 0.314 e. The third-order valence-corrected chi connectivity index (χ3v) is 2.83. The van der Waals surface area contributed by atoms with E-state index in [1.165, 1.54) is 18.5 Å². The molecule has 0 saturated heterocycles. The molecule has 1 aliphatic carbocycles. The number of pyridine rings is 1. The smallest absolute Gasteiger partial charge is 0.161 e. The lowest BCUT2D eigenvalue weighted by atomic mass is 10.3. The molecule has 1 saturated carbocycles. The van der Waals surface area contributed by atoms with Gasteiger partial charge in [-0.3, -0.25) is 4.40 Å². The molecule has 0 unspecified atom stereocenters. The molecule has 2 aromatic heterocycles. The lowest BCUT2D eigenvalue weighted by Crippen LogP contribution is -2.10. The molecule has 78 valence electrons. The summed E-state index contributed by atoms with van der Waals surface area (Å²) in [4.78, 5) is 0. The van der Waals surface area contributed by atoms with Gasteiger partial charge in [0, 0.05) is 18.2 Å². The van der Waals surface area contributed by atoms with Crippen molar-refractivity contribution in [3.05, 3.63) is 29.7 Å². The van der Waals surface area contributed by atoms with E-state index in [4.69, 9.17) is 0 Å². The standard InChI is InChI=1S/C11H14N4/c1-12-7-9-3-2-4-10-13-14-11(15(9)10)8-5-6-8/h2-4,8,12H,5-7H2,1H3. The van der Waals surface area contributed by atoms with Crippen LogP contribution in [-0.4, -0.2) is 21.6 Å². The fraction of sp³-hybridized carbons (Fsp3) is 0.455. The maximum absolute atomic E-state index is 4.29. The lowest BCUT2D eigenvalue weighted by molar-refractivity contribution is 0.757. The number of hydrogen-bond donors (Lipinski definition) is 1. The molecule has 0 aromatic carbocycles. The highest BCUT2D eigenvalue weighted by molar-refractivity contribution is 5.41. The van der Waals surface area contributed by atoms with Crippen molar-refractivity contribution >= 4 is 5.65 Å². The van der Waals surface area contributed by atoms with Crippen molar-refractivity contribution in [2.75, 3.05) is 7.05 Å². The molecular weight excluding hydrogens is 188 g/mol. The number of nitrogens with zero attached hydrogens (tertiary/aromatic N) is 3. The first kappa shape index (κ1) is 8.85. The molecule has 3 rings (SSSR count). The molecular formula is C11H14N4. The minimum Gasteiger partial charge on any atom is -0.314 e. The highest BCUT2D eigenvalue weighted by Gasteiger charge is 2.29. The van der Waals surface area contributed by atoms with Gasteiger partial charge in [-0.1, -0.05) is 6.07 Å². The maximum atomic E-state index is 4.29. The third kappa shape index (κ3) is 1.41. The Bertz CT molecular complexity index is 484. The molecule has 0 bridgehead atoms.